The summed E-state index contributed by atoms with van der Waals surface area (Å²) in [5, 5.41) is 21.2. The minimum absolute atomic E-state index is 0.0232. The maximum Gasteiger partial charge on any atom is 0.272 e. The number of methoxy groups -OCH3 is 1. The van der Waals surface area contributed by atoms with Crippen molar-refractivity contribution in [3.05, 3.63) is 30.2 Å². The Labute approximate surface area is 228 Å². The van der Waals surface area contributed by atoms with E-state index in [9.17, 15) is 9.59 Å². The molecule has 200 valence electrons. The molecule has 3 aromatic rings. The van der Waals surface area contributed by atoms with Crippen LogP contribution in [-0.4, -0.2) is 92.0 Å². The van der Waals surface area contributed by atoms with Gasteiger partial charge < -0.3 is 30.2 Å². The lowest BCUT2D eigenvalue weighted by Crippen LogP contribution is -2.50. The van der Waals surface area contributed by atoms with Gasteiger partial charge in [-0.1, -0.05) is 0 Å². The predicted molar refractivity (Wildman–Crippen MR) is 151 cm³/mol. The molecule has 3 N–H and O–H groups in total. The lowest BCUT2D eigenvalue weighted by molar-refractivity contribution is -0.117. The zero-order valence-electron chi connectivity index (χ0n) is 22.6. The third kappa shape index (κ3) is 6.33. The van der Waals surface area contributed by atoms with Crippen molar-refractivity contribution in [1.29, 1.82) is 0 Å². The van der Waals surface area contributed by atoms with E-state index in [1.807, 2.05) is 23.5 Å². The highest BCUT2D eigenvalue weighted by Crippen LogP contribution is 2.41. The lowest BCUT2D eigenvalue weighted by Gasteiger charge is -2.27. The molecular formula is C23H29B3N8O5. The minimum atomic E-state index is -0.511. The number of carbonyl (C=O) groups is 2. The van der Waals surface area contributed by atoms with Crippen LogP contribution in [0.2, 0.25) is 0 Å². The topological polar surface area (TPSA) is 154 Å². The highest BCUT2D eigenvalue weighted by Gasteiger charge is 2.31. The second kappa shape index (κ2) is 10.6. The summed E-state index contributed by atoms with van der Waals surface area (Å²) in [5.41, 5.74) is 1.44. The van der Waals surface area contributed by atoms with Gasteiger partial charge in [0, 0.05) is 25.1 Å². The first kappa shape index (κ1) is 26.5. The van der Waals surface area contributed by atoms with Crippen LogP contribution in [0.5, 0.6) is 11.5 Å². The highest BCUT2D eigenvalue weighted by molar-refractivity contribution is 6.60. The Bertz CT molecular complexity index is 1400. The molecule has 13 nitrogen and oxygen atoms in total. The van der Waals surface area contributed by atoms with Crippen LogP contribution in [0, 0.1) is 5.92 Å². The van der Waals surface area contributed by atoms with Crippen molar-refractivity contribution in [3.63, 3.8) is 0 Å². The van der Waals surface area contributed by atoms with E-state index in [-0.39, 0.29) is 29.4 Å². The van der Waals surface area contributed by atoms with Crippen molar-refractivity contribution in [1.82, 2.24) is 30.3 Å². The maximum atomic E-state index is 13.2. The van der Waals surface area contributed by atoms with Crippen LogP contribution in [0.25, 0.3) is 11.4 Å². The van der Waals surface area contributed by atoms with E-state index in [4.69, 9.17) is 14.2 Å². The molecule has 1 aliphatic carbocycles. The molecular weight excluding hydrogens is 501 g/mol. The van der Waals surface area contributed by atoms with Gasteiger partial charge in [0.05, 0.1) is 37.3 Å². The lowest BCUT2D eigenvalue weighted by atomic mass is 9.49. The van der Waals surface area contributed by atoms with Crippen molar-refractivity contribution in [2.75, 3.05) is 31.0 Å². The van der Waals surface area contributed by atoms with Gasteiger partial charge >= 0.3 is 0 Å². The van der Waals surface area contributed by atoms with Crippen molar-refractivity contribution in [3.8, 4) is 22.9 Å². The second-order valence-corrected chi connectivity index (χ2v) is 10.7. The number of ether oxygens (including phenoxy) is 3. The summed E-state index contributed by atoms with van der Waals surface area (Å²) in [7, 11) is 8.92. The minimum Gasteiger partial charge on any atom is -0.494 e. The number of carbonyl (C=O) groups excluding carboxylic acids is 2. The SMILES string of the molecule is BC(B)(B)NC(=O)c1nnc(NC(=O)C2CC2)cc1Nc1cc(OC2COC2)cc(-c2ncn(C)n2)c1OC. The zero-order chi connectivity index (χ0) is 27.7. The summed E-state index contributed by atoms with van der Waals surface area (Å²) in [6.07, 6.45) is 3.19. The number of hydrogen-bond acceptors (Lipinski definition) is 10. The van der Waals surface area contributed by atoms with Crippen LogP contribution >= 0.6 is 0 Å². The number of aryl methyl sites for hydroxylation is 1. The summed E-state index contributed by atoms with van der Waals surface area (Å²) in [6, 6.07) is 5.14. The fourth-order valence-electron chi connectivity index (χ4n) is 3.92. The fraction of sp³-hybridized carbons (Fsp3) is 0.391. The molecule has 0 bridgehead atoms. The number of rotatable bonds is 10. The number of aromatic nitrogens is 5. The van der Waals surface area contributed by atoms with Gasteiger partial charge in [0.2, 0.25) is 5.91 Å². The molecule has 0 radical (unpaired) electrons. The first-order valence-electron chi connectivity index (χ1n) is 12.7. The van der Waals surface area contributed by atoms with E-state index < -0.39 is 11.1 Å². The molecule has 1 saturated carbocycles. The quantitative estimate of drug-likeness (QED) is 0.261. The van der Waals surface area contributed by atoms with Gasteiger partial charge in [-0.25, -0.2) is 4.98 Å². The summed E-state index contributed by atoms with van der Waals surface area (Å²) in [5.74, 6) is 1.06. The van der Waals surface area contributed by atoms with E-state index in [2.05, 4.69) is 36.2 Å². The molecule has 1 saturated heterocycles. The summed E-state index contributed by atoms with van der Waals surface area (Å²) >= 11 is 0. The molecule has 2 aliphatic rings. The number of benzene rings is 1. The highest BCUT2D eigenvalue weighted by atomic mass is 16.6. The molecule has 2 fully saturated rings. The first-order chi connectivity index (χ1) is 18.6. The van der Waals surface area contributed by atoms with Crippen molar-refractivity contribution in [2.24, 2.45) is 13.0 Å². The standard InChI is InChI=1S/C23H29B3N8O5/c1-34-10-27-20(33-34)14-5-12(39-13-8-38-9-13)6-16(19(14)37-2)28-15-7-17(29-21(35)11-3-4-11)31-32-18(15)22(36)30-23(24,25)26/h5-7,10-11,13H,3-4,8-9,24-26H2,1-2H3,(H,30,36)(H2,28,29,31,35). The Morgan fingerprint density at radius 1 is 1.13 bits per heavy atom. The van der Waals surface area contributed by atoms with Gasteiger partial charge in [0.15, 0.2) is 23.1 Å². The second-order valence-electron chi connectivity index (χ2n) is 10.7. The molecule has 0 unspecified atom stereocenters. The van der Waals surface area contributed by atoms with Crippen molar-refractivity contribution >= 4 is 52.5 Å². The van der Waals surface area contributed by atoms with Crippen LogP contribution in [0.1, 0.15) is 23.3 Å². The molecule has 39 heavy (non-hydrogen) atoms. The van der Waals surface area contributed by atoms with Crippen molar-refractivity contribution in [2.45, 2.75) is 24.2 Å². The molecule has 0 spiro atoms. The molecule has 2 amide bonds. The fourth-order valence-corrected chi connectivity index (χ4v) is 3.92. The summed E-state index contributed by atoms with van der Waals surface area (Å²) < 4.78 is 18.7. The smallest absolute Gasteiger partial charge is 0.272 e. The Balaban J connectivity index is 1.57. The molecule has 0 atom stereocenters. The Hall–Kier alpha value is -4.07. The monoisotopic (exact) mass is 530 g/mol. The summed E-state index contributed by atoms with van der Waals surface area (Å²) in [4.78, 5) is 30.0. The van der Waals surface area contributed by atoms with Crippen molar-refractivity contribution < 1.29 is 23.8 Å². The van der Waals surface area contributed by atoms with Gasteiger partial charge in [-0.2, -0.15) is 5.10 Å². The van der Waals surface area contributed by atoms with Crippen LogP contribution in [-0.2, 0) is 16.6 Å². The molecule has 1 aliphatic heterocycles. The molecule has 5 rings (SSSR count). The normalized spacial score (nSPS) is 15.2. The number of hydrogen-bond donors (Lipinski definition) is 3. The van der Waals surface area contributed by atoms with Crippen LogP contribution in [0.3, 0.4) is 0 Å². The zero-order valence-corrected chi connectivity index (χ0v) is 22.6. The molecule has 3 heterocycles. The third-order valence-electron chi connectivity index (χ3n) is 5.98. The Morgan fingerprint density at radius 2 is 1.90 bits per heavy atom. The predicted octanol–water partition coefficient (Wildman–Crippen LogP) is -1.61. The average Bonchev–Trinajstić information content (AvgIpc) is 3.61. The van der Waals surface area contributed by atoms with Gasteiger partial charge in [-0.3, -0.25) is 14.3 Å². The number of nitrogens with zero attached hydrogens (tertiary/aromatic N) is 5. The van der Waals surface area contributed by atoms with Crippen LogP contribution < -0.4 is 25.4 Å². The molecule has 2 aromatic heterocycles. The number of anilines is 3. The molecule has 16 heteroatoms. The van der Waals surface area contributed by atoms with E-state index >= 15 is 0 Å². The molecule has 1 aromatic carbocycles. The average molecular weight is 530 g/mol. The summed E-state index contributed by atoms with van der Waals surface area (Å²) in [6.45, 7) is 0.975. The van der Waals surface area contributed by atoms with Crippen LogP contribution in [0.4, 0.5) is 17.2 Å². The van der Waals surface area contributed by atoms with Gasteiger partial charge in [-0.15, -0.1) is 10.2 Å². The van der Waals surface area contributed by atoms with Gasteiger partial charge in [0.25, 0.3) is 5.91 Å². The van der Waals surface area contributed by atoms with E-state index in [0.29, 0.717) is 47.5 Å². The third-order valence-corrected chi connectivity index (χ3v) is 5.98. The van der Waals surface area contributed by atoms with E-state index in [1.54, 1.807) is 36.3 Å². The largest absolute Gasteiger partial charge is 0.494 e. The Kier molecular flexibility index (Phi) is 7.21. The van der Waals surface area contributed by atoms with E-state index in [1.165, 1.54) is 7.11 Å². The maximum absolute atomic E-state index is 13.2. The Morgan fingerprint density at radius 3 is 2.49 bits per heavy atom. The first-order valence-corrected chi connectivity index (χ1v) is 12.7. The van der Waals surface area contributed by atoms with Gasteiger partial charge in [0.1, 0.15) is 41.7 Å². The van der Waals surface area contributed by atoms with Gasteiger partial charge in [-0.05, 0) is 24.1 Å². The number of nitrogens with one attached hydrogen (secondary N) is 3. The number of amides is 2. The van der Waals surface area contributed by atoms with E-state index in [0.717, 1.165) is 12.8 Å². The van der Waals surface area contributed by atoms with Crippen LogP contribution in [0.15, 0.2) is 24.5 Å².